The van der Waals surface area contributed by atoms with Gasteiger partial charge in [0.15, 0.2) is 34.3 Å². The van der Waals surface area contributed by atoms with Crippen LogP contribution < -0.4 is 23.7 Å². The summed E-state index contributed by atoms with van der Waals surface area (Å²) in [5, 5.41) is 10.6. The summed E-state index contributed by atoms with van der Waals surface area (Å²) in [5.41, 5.74) is 1.48. The van der Waals surface area contributed by atoms with Crippen LogP contribution in [0.25, 0.3) is 33.1 Å². The third-order valence-corrected chi connectivity index (χ3v) is 5.14. The summed E-state index contributed by atoms with van der Waals surface area (Å²) in [6.45, 7) is 2.47. The Labute approximate surface area is 194 Å². The minimum absolute atomic E-state index is 0.0208. The van der Waals surface area contributed by atoms with E-state index in [4.69, 9.17) is 28.1 Å². The molecule has 0 fully saturated rings. The number of furan rings is 1. The summed E-state index contributed by atoms with van der Waals surface area (Å²) in [5.74, 6) is -0.193. The molecule has 3 aromatic carbocycles. The van der Waals surface area contributed by atoms with E-state index in [0.29, 0.717) is 39.0 Å². The average Bonchev–Trinajstić information content (AvgIpc) is 3.17. The van der Waals surface area contributed by atoms with Gasteiger partial charge in [-0.15, -0.1) is 0 Å². The maximum atomic E-state index is 12.1. The Kier molecular flexibility index (Phi) is 5.93. The summed E-state index contributed by atoms with van der Waals surface area (Å²) < 4.78 is 33.8. The predicted octanol–water partition coefficient (Wildman–Crippen LogP) is 4.84. The molecule has 0 amide bonds. The number of benzene rings is 3. The number of esters is 2. The monoisotopic (exact) mass is 466 g/mol. The summed E-state index contributed by atoms with van der Waals surface area (Å²) in [6, 6.07) is 9.46. The van der Waals surface area contributed by atoms with Crippen molar-refractivity contribution in [2.75, 3.05) is 21.3 Å². The van der Waals surface area contributed by atoms with Gasteiger partial charge in [0, 0.05) is 25.3 Å². The highest BCUT2D eigenvalue weighted by molar-refractivity contribution is 6.15. The molecule has 34 heavy (non-hydrogen) atoms. The van der Waals surface area contributed by atoms with Crippen molar-refractivity contribution in [1.82, 2.24) is 0 Å². The minimum Gasteiger partial charge on any atom is -0.508 e. The quantitative estimate of drug-likeness (QED) is 0.315. The molecule has 0 atom stereocenters. The van der Waals surface area contributed by atoms with Crippen molar-refractivity contribution in [2.45, 2.75) is 13.8 Å². The SMILES string of the molecule is COc1cc2oc3c(OC)c(-c4ccc(O)cc4)c(OC(C)=O)c(OC(C)=O)c3c2cc1OC. The van der Waals surface area contributed by atoms with E-state index in [-0.39, 0.29) is 28.6 Å². The number of carbonyl (C=O) groups excluding carboxylic acids is 2. The lowest BCUT2D eigenvalue weighted by atomic mass is 9.99. The van der Waals surface area contributed by atoms with Crippen LogP contribution in [-0.2, 0) is 9.59 Å². The molecule has 9 nitrogen and oxygen atoms in total. The number of fused-ring (bicyclic) bond motifs is 3. The van der Waals surface area contributed by atoms with Crippen molar-refractivity contribution >= 4 is 33.9 Å². The zero-order valence-electron chi connectivity index (χ0n) is 19.2. The van der Waals surface area contributed by atoms with E-state index in [0.717, 1.165) is 0 Å². The third kappa shape index (κ3) is 3.81. The predicted molar refractivity (Wildman–Crippen MR) is 123 cm³/mol. The number of carbonyl (C=O) groups is 2. The van der Waals surface area contributed by atoms with Gasteiger partial charge in [-0.3, -0.25) is 9.59 Å². The number of rotatable bonds is 6. The van der Waals surface area contributed by atoms with Gasteiger partial charge in [-0.05, 0) is 23.8 Å². The van der Waals surface area contributed by atoms with Crippen molar-refractivity contribution in [3.63, 3.8) is 0 Å². The Balaban J connectivity index is 2.24. The van der Waals surface area contributed by atoms with Gasteiger partial charge in [0.05, 0.1) is 32.3 Å². The number of ether oxygens (including phenoxy) is 5. The number of methoxy groups -OCH3 is 3. The summed E-state index contributed by atoms with van der Waals surface area (Å²) in [6.07, 6.45) is 0. The molecule has 0 bridgehead atoms. The van der Waals surface area contributed by atoms with E-state index < -0.39 is 11.9 Å². The van der Waals surface area contributed by atoms with Crippen molar-refractivity contribution < 1.29 is 42.8 Å². The molecule has 0 saturated carbocycles. The zero-order valence-corrected chi connectivity index (χ0v) is 19.2. The lowest BCUT2D eigenvalue weighted by Gasteiger charge is -2.18. The van der Waals surface area contributed by atoms with E-state index in [2.05, 4.69) is 0 Å². The Morgan fingerprint density at radius 2 is 1.38 bits per heavy atom. The van der Waals surface area contributed by atoms with Gasteiger partial charge in [0.2, 0.25) is 0 Å². The molecule has 4 rings (SSSR count). The van der Waals surface area contributed by atoms with Crippen LogP contribution in [-0.4, -0.2) is 38.4 Å². The van der Waals surface area contributed by atoms with Gasteiger partial charge < -0.3 is 33.2 Å². The Hall–Kier alpha value is -4.40. The Morgan fingerprint density at radius 3 is 1.94 bits per heavy atom. The van der Waals surface area contributed by atoms with Crippen LogP contribution in [0.3, 0.4) is 0 Å². The molecule has 9 heteroatoms. The van der Waals surface area contributed by atoms with Crippen LogP contribution in [0.4, 0.5) is 0 Å². The highest BCUT2D eigenvalue weighted by atomic mass is 16.6. The molecule has 0 aliphatic carbocycles. The molecule has 1 aromatic heterocycles. The van der Waals surface area contributed by atoms with Gasteiger partial charge >= 0.3 is 11.9 Å². The van der Waals surface area contributed by atoms with Crippen LogP contribution in [0, 0.1) is 0 Å². The van der Waals surface area contributed by atoms with Gasteiger partial charge in [-0.2, -0.15) is 0 Å². The maximum Gasteiger partial charge on any atom is 0.308 e. The molecule has 0 unspecified atom stereocenters. The van der Waals surface area contributed by atoms with Crippen LogP contribution in [0.5, 0.6) is 34.5 Å². The molecular formula is C25H22O9. The van der Waals surface area contributed by atoms with Gasteiger partial charge in [-0.25, -0.2) is 0 Å². The molecule has 4 aromatic rings. The average molecular weight is 466 g/mol. The second-order valence-corrected chi connectivity index (χ2v) is 7.31. The van der Waals surface area contributed by atoms with Crippen molar-refractivity contribution in [3.05, 3.63) is 36.4 Å². The van der Waals surface area contributed by atoms with Crippen molar-refractivity contribution in [2.24, 2.45) is 0 Å². The van der Waals surface area contributed by atoms with E-state index >= 15 is 0 Å². The Morgan fingerprint density at radius 1 is 0.794 bits per heavy atom. The lowest BCUT2D eigenvalue weighted by Crippen LogP contribution is -2.09. The number of phenols is 1. The fourth-order valence-corrected chi connectivity index (χ4v) is 3.82. The molecular weight excluding hydrogens is 444 g/mol. The lowest BCUT2D eigenvalue weighted by molar-refractivity contribution is -0.134. The minimum atomic E-state index is -0.637. The number of hydrogen-bond acceptors (Lipinski definition) is 9. The molecule has 176 valence electrons. The molecule has 0 aliphatic rings. The molecule has 1 N–H and O–H groups in total. The number of hydrogen-bond donors (Lipinski definition) is 1. The molecule has 1 heterocycles. The van der Waals surface area contributed by atoms with E-state index in [1.807, 2.05) is 0 Å². The largest absolute Gasteiger partial charge is 0.508 e. The van der Waals surface area contributed by atoms with E-state index in [1.54, 1.807) is 24.3 Å². The second-order valence-electron chi connectivity index (χ2n) is 7.31. The van der Waals surface area contributed by atoms with Crippen LogP contribution >= 0.6 is 0 Å². The van der Waals surface area contributed by atoms with Crippen LogP contribution in [0.15, 0.2) is 40.8 Å². The first-order chi connectivity index (χ1) is 16.3. The zero-order chi connectivity index (χ0) is 24.6. The maximum absolute atomic E-state index is 12.1. The molecule has 0 saturated heterocycles. The first-order valence-corrected chi connectivity index (χ1v) is 10.2. The fourth-order valence-electron chi connectivity index (χ4n) is 3.82. The van der Waals surface area contributed by atoms with E-state index in [9.17, 15) is 14.7 Å². The topological polar surface area (TPSA) is 114 Å². The first kappa shape index (κ1) is 22.8. The Bertz CT molecular complexity index is 1410. The van der Waals surface area contributed by atoms with Crippen LogP contribution in [0.1, 0.15) is 13.8 Å². The molecule has 0 radical (unpaired) electrons. The van der Waals surface area contributed by atoms with Gasteiger partial charge in [0.25, 0.3) is 0 Å². The first-order valence-electron chi connectivity index (χ1n) is 10.2. The highest BCUT2D eigenvalue weighted by Crippen LogP contribution is 2.54. The standard InChI is InChI=1S/C25H22O9/c1-12(26)32-23-20(14-6-8-15(28)9-7-14)22(31-5)24-21(25(23)33-13(2)27)16-10-18(29-3)19(30-4)11-17(16)34-24/h6-11,28H,1-5H3. The summed E-state index contributed by atoms with van der Waals surface area (Å²) in [4.78, 5) is 24.2. The third-order valence-electron chi connectivity index (χ3n) is 5.14. The molecule has 0 aliphatic heterocycles. The number of phenolic OH excluding ortho intramolecular Hbond substituents is 1. The van der Waals surface area contributed by atoms with Gasteiger partial charge in [0.1, 0.15) is 11.3 Å². The summed E-state index contributed by atoms with van der Waals surface area (Å²) >= 11 is 0. The van der Waals surface area contributed by atoms with E-state index in [1.165, 1.54) is 47.3 Å². The molecule has 0 spiro atoms. The fraction of sp³-hybridized carbons (Fsp3) is 0.200. The van der Waals surface area contributed by atoms with Gasteiger partial charge in [-0.1, -0.05) is 12.1 Å². The normalized spacial score (nSPS) is 10.9. The summed E-state index contributed by atoms with van der Waals surface area (Å²) in [7, 11) is 4.43. The van der Waals surface area contributed by atoms with Crippen molar-refractivity contribution in [3.8, 4) is 45.6 Å². The number of aromatic hydroxyl groups is 1. The van der Waals surface area contributed by atoms with Crippen LogP contribution in [0.2, 0.25) is 0 Å². The highest BCUT2D eigenvalue weighted by Gasteiger charge is 2.30. The smallest absolute Gasteiger partial charge is 0.308 e. The second kappa shape index (κ2) is 8.86. The van der Waals surface area contributed by atoms with Crippen molar-refractivity contribution in [1.29, 1.82) is 0 Å².